The molecule has 1 amide bonds. The third kappa shape index (κ3) is 3.48. The molecule has 2 atom stereocenters. The normalized spacial score (nSPS) is 24.6. The van der Waals surface area contributed by atoms with Crippen LogP contribution in [0.15, 0.2) is 29.2 Å². The maximum Gasteiger partial charge on any atom is 0.308 e. The first-order chi connectivity index (χ1) is 12.3. The molecule has 7 nitrogen and oxygen atoms in total. The molecular weight excluding hydrogens is 356 g/mol. The van der Waals surface area contributed by atoms with E-state index in [1.807, 2.05) is 0 Å². The second kappa shape index (κ2) is 7.36. The number of carboxylic acid groups (broad SMARTS) is 1. The van der Waals surface area contributed by atoms with Gasteiger partial charge in [-0.25, -0.2) is 8.42 Å². The third-order valence-electron chi connectivity index (χ3n) is 5.39. The highest BCUT2D eigenvalue weighted by atomic mass is 32.2. The molecule has 0 aliphatic carbocycles. The third-order valence-corrected chi connectivity index (χ3v) is 7.30. The number of benzene rings is 1. The Labute approximate surface area is 153 Å². The number of carbonyl (C=O) groups excluding carboxylic acids is 1. The van der Waals surface area contributed by atoms with Gasteiger partial charge in [-0.05, 0) is 50.5 Å². The van der Waals surface area contributed by atoms with E-state index in [9.17, 15) is 23.1 Å². The predicted octanol–water partition coefficient (Wildman–Crippen LogP) is 1.80. The first kappa shape index (κ1) is 18.8. The largest absolute Gasteiger partial charge is 0.481 e. The summed E-state index contributed by atoms with van der Waals surface area (Å²) in [4.78, 5) is 25.6. The van der Waals surface area contributed by atoms with Gasteiger partial charge in [-0.1, -0.05) is 6.42 Å². The van der Waals surface area contributed by atoms with Crippen molar-refractivity contribution in [2.45, 2.75) is 43.5 Å². The van der Waals surface area contributed by atoms with Gasteiger partial charge >= 0.3 is 5.97 Å². The molecule has 2 aliphatic rings. The molecule has 0 radical (unpaired) electrons. The molecule has 0 aromatic heterocycles. The summed E-state index contributed by atoms with van der Waals surface area (Å²) in [6, 6.07) is 5.58. The van der Waals surface area contributed by atoms with E-state index in [4.69, 9.17) is 0 Å². The molecule has 0 bridgehead atoms. The number of piperidine rings is 1. The van der Waals surface area contributed by atoms with Gasteiger partial charge in [0.05, 0.1) is 10.8 Å². The molecule has 2 saturated heterocycles. The fourth-order valence-electron chi connectivity index (χ4n) is 3.75. The highest BCUT2D eigenvalue weighted by molar-refractivity contribution is 7.89. The van der Waals surface area contributed by atoms with Crippen LogP contribution in [0.2, 0.25) is 0 Å². The van der Waals surface area contributed by atoms with Crippen LogP contribution in [0.4, 0.5) is 0 Å². The lowest BCUT2D eigenvalue weighted by Crippen LogP contribution is -2.37. The number of likely N-dealkylation sites (tertiary alicyclic amines) is 1. The van der Waals surface area contributed by atoms with Gasteiger partial charge < -0.3 is 10.0 Å². The van der Waals surface area contributed by atoms with E-state index < -0.39 is 21.9 Å². The Morgan fingerprint density at radius 1 is 1.04 bits per heavy atom. The van der Waals surface area contributed by atoms with E-state index in [1.54, 1.807) is 11.8 Å². The molecule has 26 heavy (non-hydrogen) atoms. The Hall–Kier alpha value is -1.93. The van der Waals surface area contributed by atoms with Gasteiger partial charge in [0.2, 0.25) is 10.0 Å². The molecule has 0 spiro atoms. The summed E-state index contributed by atoms with van der Waals surface area (Å²) >= 11 is 0. The number of hydrogen-bond acceptors (Lipinski definition) is 4. The second-order valence-electron chi connectivity index (χ2n) is 6.96. The van der Waals surface area contributed by atoms with Crippen LogP contribution >= 0.6 is 0 Å². The van der Waals surface area contributed by atoms with Crippen molar-refractivity contribution in [3.05, 3.63) is 29.8 Å². The van der Waals surface area contributed by atoms with Crippen LogP contribution in [0.5, 0.6) is 0 Å². The highest BCUT2D eigenvalue weighted by Gasteiger charge is 2.38. The molecule has 0 saturated carbocycles. The molecule has 1 aromatic carbocycles. The van der Waals surface area contributed by atoms with Gasteiger partial charge in [0.15, 0.2) is 0 Å². The summed E-state index contributed by atoms with van der Waals surface area (Å²) in [6.07, 6.45) is 3.22. The Morgan fingerprint density at radius 2 is 1.65 bits per heavy atom. The topological polar surface area (TPSA) is 95.0 Å². The number of hydrogen-bond donors (Lipinski definition) is 1. The minimum absolute atomic E-state index is 0.189. The highest BCUT2D eigenvalue weighted by Crippen LogP contribution is 2.27. The summed E-state index contributed by atoms with van der Waals surface area (Å²) in [7, 11) is -3.52. The van der Waals surface area contributed by atoms with Crippen LogP contribution in [0.1, 0.15) is 43.0 Å². The van der Waals surface area contributed by atoms with Crippen molar-refractivity contribution >= 4 is 21.9 Å². The number of nitrogens with zero attached hydrogens (tertiary/aromatic N) is 2. The van der Waals surface area contributed by atoms with Crippen molar-refractivity contribution in [2.75, 3.05) is 19.6 Å². The molecule has 2 heterocycles. The van der Waals surface area contributed by atoms with Crippen LogP contribution < -0.4 is 0 Å². The average molecular weight is 380 g/mol. The quantitative estimate of drug-likeness (QED) is 0.859. The predicted molar refractivity (Wildman–Crippen MR) is 95.3 cm³/mol. The average Bonchev–Trinajstić information content (AvgIpc) is 3.03. The smallest absolute Gasteiger partial charge is 0.308 e. The van der Waals surface area contributed by atoms with E-state index in [-0.39, 0.29) is 16.8 Å². The molecule has 2 fully saturated rings. The van der Waals surface area contributed by atoms with Crippen LogP contribution in [0, 0.1) is 5.92 Å². The number of carbonyl (C=O) groups is 2. The van der Waals surface area contributed by atoms with Crippen molar-refractivity contribution in [1.82, 2.24) is 9.21 Å². The summed E-state index contributed by atoms with van der Waals surface area (Å²) < 4.78 is 26.8. The van der Waals surface area contributed by atoms with Crippen molar-refractivity contribution in [1.29, 1.82) is 0 Å². The van der Waals surface area contributed by atoms with Gasteiger partial charge in [0.1, 0.15) is 0 Å². The van der Waals surface area contributed by atoms with Gasteiger partial charge in [-0.3, -0.25) is 9.59 Å². The zero-order chi connectivity index (χ0) is 18.9. The van der Waals surface area contributed by atoms with Gasteiger partial charge in [0.25, 0.3) is 5.91 Å². The minimum Gasteiger partial charge on any atom is -0.481 e. The molecule has 8 heteroatoms. The molecule has 2 unspecified atom stereocenters. The van der Waals surface area contributed by atoms with Crippen LogP contribution in [-0.2, 0) is 14.8 Å². The van der Waals surface area contributed by atoms with Crippen LogP contribution in [0.3, 0.4) is 0 Å². The molecule has 1 aromatic rings. The number of carboxylic acids is 1. The van der Waals surface area contributed by atoms with E-state index in [2.05, 4.69) is 0 Å². The summed E-state index contributed by atoms with van der Waals surface area (Å²) in [5.74, 6) is -1.71. The van der Waals surface area contributed by atoms with Crippen molar-refractivity contribution in [3.8, 4) is 0 Å². The summed E-state index contributed by atoms with van der Waals surface area (Å²) in [6.45, 7) is 3.19. The lowest BCUT2D eigenvalue weighted by Gasteiger charge is -2.26. The lowest BCUT2D eigenvalue weighted by molar-refractivity contribution is -0.142. The number of sulfonamides is 1. The number of aliphatic carboxylic acids is 1. The zero-order valence-corrected chi connectivity index (χ0v) is 15.6. The fourth-order valence-corrected chi connectivity index (χ4v) is 5.26. The SMILES string of the molecule is CC1C(C(=O)O)CCN1C(=O)c1ccc(S(=O)(=O)N2CCCCC2)cc1. The van der Waals surface area contributed by atoms with E-state index in [0.29, 0.717) is 31.6 Å². The fraction of sp³-hybridized carbons (Fsp3) is 0.556. The molecule has 3 rings (SSSR count). The van der Waals surface area contributed by atoms with Crippen LogP contribution in [0.25, 0.3) is 0 Å². The maximum absolute atomic E-state index is 12.7. The van der Waals surface area contributed by atoms with Crippen molar-refractivity contribution in [3.63, 3.8) is 0 Å². The Balaban J connectivity index is 1.75. The van der Waals surface area contributed by atoms with Gasteiger partial charge in [-0.2, -0.15) is 4.31 Å². The van der Waals surface area contributed by atoms with E-state index in [1.165, 1.54) is 28.6 Å². The lowest BCUT2D eigenvalue weighted by atomic mass is 10.0. The van der Waals surface area contributed by atoms with E-state index in [0.717, 1.165) is 19.3 Å². The molecule has 142 valence electrons. The summed E-state index contributed by atoms with van der Waals surface area (Å²) in [5, 5.41) is 9.19. The number of amides is 1. The second-order valence-corrected chi connectivity index (χ2v) is 8.90. The van der Waals surface area contributed by atoms with E-state index >= 15 is 0 Å². The maximum atomic E-state index is 12.7. The first-order valence-corrected chi connectivity index (χ1v) is 10.4. The first-order valence-electron chi connectivity index (χ1n) is 8.96. The standard InChI is InChI=1S/C18H24N2O5S/c1-13-16(18(22)23)9-12-20(13)17(21)14-5-7-15(8-6-14)26(24,25)19-10-3-2-4-11-19/h5-8,13,16H,2-4,9-12H2,1H3,(H,22,23). The Morgan fingerprint density at radius 3 is 2.19 bits per heavy atom. The van der Waals surface area contributed by atoms with Gasteiger partial charge in [-0.15, -0.1) is 0 Å². The molecular formula is C18H24N2O5S. The Kier molecular flexibility index (Phi) is 5.34. The molecule has 1 N–H and O–H groups in total. The zero-order valence-electron chi connectivity index (χ0n) is 14.8. The van der Waals surface area contributed by atoms with Crippen LogP contribution in [-0.4, -0.2) is 60.3 Å². The van der Waals surface area contributed by atoms with Gasteiger partial charge in [0, 0.05) is 31.2 Å². The van der Waals surface area contributed by atoms with Crippen molar-refractivity contribution < 1.29 is 23.1 Å². The minimum atomic E-state index is -3.52. The monoisotopic (exact) mass is 380 g/mol. The summed E-state index contributed by atoms with van der Waals surface area (Å²) in [5.41, 5.74) is 0.375. The Bertz CT molecular complexity index is 784. The molecule has 2 aliphatic heterocycles. The number of rotatable bonds is 4. The van der Waals surface area contributed by atoms with Crippen molar-refractivity contribution in [2.24, 2.45) is 5.92 Å².